The van der Waals surface area contributed by atoms with Crippen molar-refractivity contribution in [1.29, 1.82) is 0 Å². The second kappa shape index (κ2) is 11.4. The third-order valence-corrected chi connectivity index (χ3v) is 10.2. The van der Waals surface area contributed by atoms with Crippen LogP contribution in [0.25, 0.3) is 22.2 Å². The van der Waals surface area contributed by atoms with Gasteiger partial charge in [-0.05, 0) is 99.0 Å². The number of ether oxygens (including phenoxy) is 2. The number of nitrogens with zero attached hydrogens (tertiary/aromatic N) is 3. The monoisotopic (exact) mass is 577 g/mol. The first kappa shape index (κ1) is 26.8. The zero-order valence-corrected chi connectivity index (χ0v) is 24.5. The molecule has 4 aromatic rings. The molecule has 2 N–H and O–H groups in total. The minimum atomic E-state index is -0.0853. The number of benzene rings is 2. The van der Waals surface area contributed by atoms with Crippen LogP contribution in [0, 0.1) is 5.92 Å². The first-order valence-electron chi connectivity index (χ1n) is 16.0. The maximum atomic E-state index is 13.6. The zero-order chi connectivity index (χ0) is 28.8. The molecule has 2 aromatic carbocycles. The molecule has 8 nitrogen and oxygen atoms in total. The lowest BCUT2D eigenvalue weighted by Gasteiger charge is -2.46. The molecule has 2 aromatic heterocycles. The molecule has 8 rings (SSSR count). The molecule has 3 saturated heterocycles. The van der Waals surface area contributed by atoms with E-state index < -0.39 is 0 Å². The van der Waals surface area contributed by atoms with Gasteiger partial charge in [-0.1, -0.05) is 18.9 Å². The fourth-order valence-electron chi connectivity index (χ4n) is 8.02. The van der Waals surface area contributed by atoms with Gasteiger partial charge in [0, 0.05) is 34.8 Å². The third kappa shape index (κ3) is 5.21. The highest BCUT2D eigenvalue weighted by Gasteiger charge is 2.46. The number of amides is 1. The predicted octanol–water partition coefficient (Wildman–Crippen LogP) is 6.06. The van der Waals surface area contributed by atoms with Crippen molar-refractivity contribution in [2.24, 2.45) is 5.92 Å². The Balaban J connectivity index is 0.974. The minimum Gasteiger partial charge on any atom is -0.490 e. The predicted molar refractivity (Wildman–Crippen MR) is 165 cm³/mol. The highest BCUT2D eigenvalue weighted by atomic mass is 16.5. The van der Waals surface area contributed by atoms with Crippen molar-refractivity contribution in [3.63, 3.8) is 0 Å². The normalized spacial score (nSPS) is 25.1. The van der Waals surface area contributed by atoms with Gasteiger partial charge in [0.25, 0.3) is 5.91 Å². The third-order valence-electron chi connectivity index (χ3n) is 10.2. The van der Waals surface area contributed by atoms with Crippen LogP contribution in [0.2, 0.25) is 0 Å². The summed E-state index contributed by atoms with van der Waals surface area (Å²) in [5.74, 6) is 1.24. The molecular weight excluding hydrogens is 538 g/mol. The first-order chi connectivity index (χ1) is 21.2. The van der Waals surface area contributed by atoms with Crippen molar-refractivity contribution in [1.82, 2.24) is 25.4 Å². The van der Waals surface area contributed by atoms with E-state index in [9.17, 15) is 4.79 Å². The molecule has 1 amide bonds. The number of carbonyl (C=O) groups is 1. The number of hydrogen-bond donors (Lipinski definition) is 2. The summed E-state index contributed by atoms with van der Waals surface area (Å²) in [6.45, 7) is 1.78. The van der Waals surface area contributed by atoms with E-state index in [-0.39, 0.29) is 18.1 Å². The van der Waals surface area contributed by atoms with Crippen LogP contribution in [0.5, 0.6) is 5.75 Å². The summed E-state index contributed by atoms with van der Waals surface area (Å²) in [5.41, 5.74) is 4.29. The highest BCUT2D eigenvalue weighted by Crippen LogP contribution is 2.40. The average Bonchev–Trinajstić information content (AvgIpc) is 3.75. The van der Waals surface area contributed by atoms with Crippen LogP contribution in [0.15, 0.2) is 66.9 Å². The van der Waals surface area contributed by atoms with Crippen LogP contribution in [-0.2, 0) is 4.74 Å². The second-order valence-electron chi connectivity index (χ2n) is 12.8. The Morgan fingerprint density at radius 1 is 0.953 bits per heavy atom. The Labute approximate surface area is 252 Å². The van der Waals surface area contributed by atoms with Gasteiger partial charge in [0.2, 0.25) is 0 Å². The van der Waals surface area contributed by atoms with Crippen molar-refractivity contribution in [2.45, 2.75) is 81.6 Å². The fraction of sp³-hybridized carbons (Fsp3) is 0.457. The Morgan fingerprint density at radius 2 is 1.74 bits per heavy atom. The van der Waals surface area contributed by atoms with Gasteiger partial charge in [-0.3, -0.25) is 19.8 Å². The van der Waals surface area contributed by atoms with Gasteiger partial charge in [-0.15, -0.1) is 0 Å². The molecule has 4 aliphatic rings. The molecule has 222 valence electrons. The van der Waals surface area contributed by atoms with Crippen LogP contribution in [0.3, 0.4) is 0 Å². The molecule has 1 aliphatic carbocycles. The summed E-state index contributed by atoms with van der Waals surface area (Å²) in [6.07, 6.45) is 11.4. The van der Waals surface area contributed by atoms with E-state index in [1.807, 2.05) is 42.6 Å². The fourth-order valence-corrected chi connectivity index (χ4v) is 8.02. The Kier molecular flexibility index (Phi) is 7.11. The minimum absolute atomic E-state index is 0.0785. The molecule has 3 atom stereocenters. The summed E-state index contributed by atoms with van der Waals surface area (Å²) < 4.78 is 12.0. The van der Waals surface area contributed by atoms with Gasteiger partial charge in [-0.25, -0.2) is 0 Å². The van der Waals surface area contributed by atoms with Gasteiger partial charge < -0.3 is 14.8 Å². The van der Waals surface area contributed by atoms with E-state index in [1.165, 1.54) is 25.7 Å². The molecule has 4 fully saturated rings. The summed E-state index contributed by atoms with van der Waals surface area (Å²) in [4.78, 5) is 20.9. The molecule has 8 heteroatoms. The quantitative estimate of drug-likeness (QED) is 0.265. The number of nitrogens with one attached hydrogen (secondary N) is 2. The lowest BCUT2D eigenvalue weighted by atomic mass is 9.94. The van der Waals surface area contributed by atoms with Crippen molar-refractivity contribution >= 4 is 16.8 Å². The molecule has 3 aliphatic heterocycles. The number of H-pyrrole nitrogens is 1. The molecule has 0 radical (unpaired) electrons. The van der Waals surface area contributed by atoms with Gasteiger partial charge >= 0.3 is 0 Å². The van der Waals surface area contributed by atoms with E-state index in [4.69, 9.17) is 9.47 Å². The van der Waals surface area contributed by atoms with Gasteiger partial charge in [0.05, 0.1) is 42.2 Å². The number of rotatable bonds is 8. The topological polar surface area (TPSA) is 92.4 Å². The summed E-state index contributed by atoms with van der Waals surface area (Å²) >= 11 is 0. The van der Waals surface area contributed by atoms with Crippen molar-refractivity contribution in [3.05, 3.63) is 78.1 Å². The summed E-state index contributed by atoms with van der Waals surface area (Å²) in [5, 5.41) is 12.0. The van der Waals surface area contributed by atoms with Crippen molar-refractivity contribution < 1.29 is 14.3 Å². The SMILES string of the molecule is O=C(NC(c1ccccn1)C1CCCC1)c1ccc2[nH]nc(-c3ccc(OC4CC5CCC(C4)N5C4COC4)cc3)c2c1. The maximum absolute atomic E-state index is 13.6. The first-order valence-corrected chi connectivity index (χ1v) is 16.0. The number of pyridine rings is 1. The van der Waals surface area contributed by atoms with Crippen LogP contribution < -0.4 is 10.1 Å². The molecule has 43 heavy (non-hydrogen) atoms. The molecule has 1 saturated carbocycles. The number of aromatic nitrogens is 3. The molecular formula is C35H39N5O3. The molecule has 3 unspecified atom stereocenters. The molecule has 5 heterocycles. The van der Waals surface area contributed by atoms with E-state index in [0.29, 0.717) is 29.6 Å². The molecule has 0 spiro atoms. The lowest BCUT2D eigenvalue weighted by molar-refractivity contribution is -0.102. The number of aromatic amines is 1. The van der Waals surface area contributed by atoms with E-state index in [1.54, 1.807) is 0 Å². The standard InChI is InChI=1S/C35H39N5O3/c41-35(37-34(22-5-1-2-6-22)32-7-3-4-16-36-32)24-10-15-31-30(17-24)33(39-38-31)23-8-13-28(14-9-23)43-29-18-25-11-12-26(19-29)40(25)27-20-42-21-27/h3-4,7-10,13-17,22,25-27,29,34H,1-2,5-6,11-12,18-21H2,(H,37,41)(H,38,39). The smallest absolute Gasteiger partial charge is 0.251 e. The second-order valence-corrected chi connectivity index (χ2v) is 12.8. The van der Waals surface area contributed by atoms with Crippen LogP contribution in [0.4, 0.5) is 0 Å². The largest absolute Gasteiger partial charge is 0.490 e. The average molecular weight is 578 g/mol. The maximum Gasteiger partial charge on any atom is 0.251 e. The van der Waals surface area contributed by atoms with Gasteiger partial charge in [0.1, 0.15) is 11.9 Å². The Hall–Kier alpha value is -3.75. The number of piperidine rings is 1. The Morgan fingerprint density at radius 3 is 2.44 bits per heavy atom. The Bertz CT molecular complexity index is 1560. The van der Waals surface area contributed by atoms with E-state index >= 15 is 0 Å². The summed E-state index contributed by atoms with van der Waals surface area (Å²) in [6, 6.07) is 21.7. The zero-order valence-electron chi connectivity index (χ0n) is 24.5. The number of hydrogen-bond acceptors (Lipinski definition) is 6. The van der Waals surface area contributed by atoms with Crippen molar-refractivity contribution in [3.8, 4) is 17.0 Å². The number of carbonyl (C=O) groups excluding carboxylic acids is 1. The van der Waals surface area contributed by atoms with Gasteiger partial charge in [0.15, 0.2) is 0 Å². The molecule has 2 bridgehead atoms. The van der Waals surface area contributed by atoms with E-state index in [0.717, 1.165) is 72.5 Å². The lowest BCUT2D eigenvalue weighted by Crippen LogP contribution is -2.57. The van der Waals surface area contributed by atoms with Crippen molar-refractivity contribution in [2.75, 3.05) is 13.2 Å². The highest BCUT2D eigenvalue weighted by molar-refractivity contribution is 6.01. The van der Waals surface area contributed by atoms with Crippen LogP contribution in [0.1, 0.15) is 73.5 Å². The van der Waals surface area contributed by atoms with Crippen LogP contribution >= 0.6 is 0 Å². The van der Waals surface area contributed by atoms with Gasteiger partial charge in [-0.2, -0.15) is 5.10 Å². The summed E-state index contributed by atoms with van der Waals surface area (Å²) in [7, 11) is 0. The van der Waals surface area contributed by atoms with E-state index in [2.05, 4.69) is 49.7 Å². The van der Waals surface area contributed by atoms with Crippen LogP contribution in [-0.4, -0.2) is 63.4 Å². The number of fused-ring (bicyclic) bond motifs is 3.